The van der Waals surface area contributed by atoms with Crippen molar-refractivity contribution in [2.75, 3.05) is 13.7 Å². The third-order valence-electron chi connectivity index (χ3n) is 5.85. The molecule has 0 saturated heterocycles. The topological polar surface area (TPSA) is 64.4 Å². The molecule has 0 bridgehead atoms. The van der Waals surface area contributed by atoms with Crippen molar-refractivity contribution in [2.45, 2.75) is 26.3 Å². The lowest BCUT2D eigenvalue weighted by Crippen LogP contribution is -2.38. The number of carbonyl (C=O) groups excluding carboxylic acids is 1. The Kier molecular flexibility index (Phi) is 6.98. The molecule has 0 aliphatic rings. The number of benzene rings is 3. The van der Waals surface area contributed by atoms with Gasteiger partial charge in [0.25, 0.3) is 11.5 Å². The molecule has 3 aromatic carbocycles. The van der Waals surface area contributed by atoms with Gasteiger partial charge < -0.3 is 9.64 Å². The van der Waals surface area contributed by atoms with Crippen LogP contribution in [0.4, 0.5) is 0 Å². The van der Waals surface area contributed by atoms with E-state index in [2.05, 4.69) is 0 Å². The number of fused-ring (bicyclic) bond motifs is 1. The summed E-state index contributed by atoms with van der Waals surface area (Å²) >= 11 is 6.27. The Balaban J connectivity index is 1.92. The smallest absolute Gasteiger partial charge is 0.266 e. The minimum Gasteiger partial charge on any atom is -0.497 e. The van der Waals surface area contributed by atoms with E-state index in [1.54, 1.807) is 65.1 Å². The van der Waals surface area contributed by atoms with Crippen molar-refractivity contribution >= 4 is 28.4 Å². The van der Waals surface area contributed by atoms with Crippen LogP contribution in [0, 0.1) is 0 Å². The fourth-order valence-electron chi connectivity index (χ4n) is 4.21. The molecule has 174 valence electrons. The van der Waals surface area contributed by atoms with Crippen LogP contribution in [-0.2, 0) is 0 Å². The molecule has 7 heteroatoms. The minimum atomic E-state index is -0.444. The fourth-order valence-corrected chi connectivity index (χ4v) is 4.39. The fraction of sp³-hybridized carbons (Fsp3) is 0.222. The summed E-state index contributed by atoms with van der Waals surface area (Å²) in [5.74, 6) is 0.939. The van der Waals surface area contributed by atoms with E-state index in [0.29, 0.717) is 51.7 Å². The average Bonchev–Trinajstić information content (AvgIpc) is 2.86. The summed E-state index contributed by atoms with van der Waals surface area (Å²) in [5, 5.41) is 1.01. The van der Waals surface area contributed by atoms with Crippen molar-refractivity contribution in [2.24, 2.45) is 0 Å². The molecule has 1 unspecified atom stereocenters. The second-order valence-electron chi connectivity index (χ2n) is 7.85. The summed E-state index contributed by atoms with van der Waals surface area (Å²) in [6.07, 6.45) is 0.564. The Hall–Kier alpha value is -3.64. The van der Waals surface area contributed by atoms with Crippen molar-refractivity contribution in [1.82, 2.24) is 14.5 Å². The van der Waals surface area contributed by atoms with Crippen LogP contribution in [0.1, 0.15) is 42.5 Å². The molecule has 1 aromatic heterocycles. The molecule has 34 heavy (non-hydrogen) atoms. The van der Waals surface area contributed by atoms with Crippen LogP contribution < -0.4 is 10.3 Å². The van der Waals surface area contributed by atoms with Gasteiger partial charge in [-0.25, -0.2) is 4.98 Å². The summed E-state index contributed by atoms with van der Waals surface area (Å²) in [6, 6.07) is 21.0. The number of nitrogens with zero attached hydrogens (tertiary/aromatic N) is 3. The molecule has 1 amide bonds. The third-order valence-corrected chi connectivity index (χ3v) is 6.08. The van der Waals surface area contributed by atoms with Crippen LogP contribution in [-0.4, -0.2) is 34.0 Å². The third kappa shape index (κ3) is 4.41. The van der Waals surface area contributed by atoms with E-state index in [-0.39, 0.29) is 11.5 Å². The number of rotatable bonds is 7. The molecule has 1 heterocycles. The van der Waals surface area contributed by atoms with Gasteiger partial charge in [-0.2, -0.15) is 0 Å². The monoisotopic (exact) mass is 475 g/mol. The minimum absolute atomic E-state index is 0.159. The number of amides is 1. The van der Waals surface area contributed by atoms with Gasteiger partial charge in [0, 0.05) is 17.1 Å². The Morgan fingerprint density at radius 2 is 1.82 bits per heavy atom. The second-order valence-corrected chi connectivity index (χ2v) is 8.29. The van der Waals surface area contributed by atoms with Gasteiger partial charge in [-0.1, -0.05) is 42.8 Å². The van der Waals surface area contributed by atoms with Crippen LogP contribution in [0.15, 0.2) is 77.6 Å². The van der Waals surface area contributed by atoms with Gasteiger partial charge in [-0.3, -0.25) is 14.2 Å². The SMILES string of the molecule is CCC(c1nc2ccccc2c(=O)n1-c1cccc(Cl)c1)N(CC)C(=O)c1cccc(OC)c1. The summed E-state index contributed by atoms with van der Waals surface area (Å²) in [4.78, 5) is 33.9. The molecule has 0 fully saturated rings. The highest BCUT2D eigenvalue weighted by Gasteiger charge is 2.29. The Bertz CT molecular complexity index is 1400. The molecule has 0 radical (unpaired) electrons. The van der Waals surface area contributed by atoms with E-state index < -0.39 is 6.04 Å². The molecule has 1 atom stereocenters. The molecule has 6 nitrogen and oxygen atoms in total. The van der Waals surface area contributed by atoms with Gasteiger partial charge in [0.2, 0.25) is 0 Å². The zero-order valence-electron chi connectivity index (χ0n) is 19.4. The number of para-hydroxylation sites is 1. The van der Waals surface area contributed by atoms with Crippen molar-refractivity contribution in [3.8, 4) is 11.4 Å². The van der Waals surface area contributed by atoms with E-state index in [1.165, 1.54) is 0 Å². The van der Waals surface area contributed by atoms with Crippen LogP contribution in [0.5, 0.6) is 5.75 Å². The average molecular weight is 476 g/mol. The summed E-state index contributed by atoms with van der Waals surface area (Å²) < 4.78 is 6.87. The highest BCUT2D eigenvalue weighted by molar-refractivity contribution is 6.30. The highest BCUT2D eigenvalue weighted by Crippen LogP contribution is 2.28. The molecule has 4 aromatic rings. The first kappa shape index (κ1) is 23.5. The predicted octanol–water partition coefficient (Wildman–Crippen LogP) is 5.66. The van der Waals surface area contributed by atoms with Gasteiger partial charge in [0.05, 0.1) is 29.7 Å². The largest absolute Gasteiger partial charge is 0.497 e. The van der Waals surface area contributed by atoms with Gasteiger partial charge in [-0.15, -0.1) is 0 Å². The quantitative estimate of drug-likeness (QED) is 0.346. The first-order valence-electron chi connectivity index (χ1n) is 11.2. The van der Waals surface area contributed by atoms with Crippen LogP contribution in [0.2, 0.25) is 5.02 Å². The standard InChI is InChI=1S/C27H26ClN3O3/c1-4-24(30(5-2)26(32)18-10-8-13-21(16-18)34-3)25-29-23-15-7-6-14-22(23)27(33)31(25)20-12-9-11-19(28)17-20/h6-17,24H,4-5H2,1-3H3. The first-order chi connectivity index (χ1) is 16.5. The van der Waals surface area contributed by atoms with Crippen LogP contribution >= 0.6 is 11.6 Å². The van der Waals surface area contributed by atoms with Crippen molar-refractivity contribution in [3.63, 3.8) is 0 Å². The van der Waals surface area contributed by atoms with Crippen molar-refractivity contribution in [3.05, 3.63) is 99.6 Å². The van der Waals surface area contributed by atoms with E-state index in [4.69, 9.17) is 21.3 Å². The normalized spacial score (nSPS) is 11.9. The Labute approximate surface area is 203 Å². The highest BCUT2D eigenvalue weighted by atomic mass is 35.5. The number of ether oxygens (including phenoxy) is 1. The number of halogens is 1. The lowest BCUT2D eigenvalue weighted by Gasteiger charge is -2.31. The maximum absolute atomic E-state index is 13.7. The van der Waals surface area contributed by atoms with Gasteiger partial charge in [0.15, 0.2) is 0 Å². The molecule has 0 N–H and O–H groups in total. The van der Waals surface area contributed by atoms with E-state index in [9.17, 15) is 9.59 Å². The number of carbonyl (C=O) groups is 1. The van der Waals surface area contributed by atoms with E-state index in [1.807, 2.05) is 38.1 Å². The Morgan fingerprint density at radius 1 is 1.06 bits per heavy atom. The number of aromatic nitrogens is 2. The zero-order chi connectivity index (χ0) is 24.2. The second kappa shape index (κ2) is 10.1. The van der Waals surface area contributed by atoms with Crippen molar-refractivity contribution < 1.29 is 9.53 Å². The van der Waals surface area contributed by atoms with E-state index >= 15 is 0 Å². The molecule has 0 aliphatic heterocycles. The molecular formula is C27H26ClN3O3. The maximum atomic E-state index is 13.7. The van der Waals surface area contributed by atoms with Gasteiger partial charge in [0.1, 0.15) is 11.6 Å². The number of hydrogen-bond acceptors (Lipinski definition) is 4. The molecule has 0 aliphatic carbocycles. The first-order valence-corrected chi connectivity index (χ1v) is 11.6. The summed E-state index contributed by atoms with van der Waals surface area (Å²) in [6.45, 7) is 4.34. The van der Waals surface area contributed by atoms with Crippen LogP contribution in [0.3, 0.4) is 0 Å². The van der Waals surface area contributed by atoms with Crippen molar-refractivity contribution in [1.29, 1.82) is 0 Å². The maximum Gasteiger partial charge on any atom is 0.266 e. The van der Waals surface area contributed by atoms with Gasteiger partial charge >= 0.3 is 0 Å². The summed E-state index contributed by atoms with van der Waals surface area (Å²) in [7, 11) is 1.57. The number of methoxy groups -OCH3 is 1. The molecule has 0 spiro atoms. The van der Waals surface area contributed by atoms with Gasteiger partial charge in [-0.05, 0) is 61.9 Å². The van der Waals surface area contributed by atoms with E-state index in [0.717, 1.165) is 0 Å². The Morgan fingerprint density at radius 3 is 2.53 bits per heavy atom. The lowest BCUT2D eigenvalue weighted by molar-refractivity contribution is 0.0671. The lowest BCUT2D eigenvalue weighted by atomic mass is 10.1. The number of hydrogen-bond donors (Lipinski definition) is 0. The zero-order valence-corrected chi connectivity index (χ0v) is 20.1. The predicted molar refractivity (Wildman–Crippen MR) is 135 cm³/mol. The molecule has 4 rings (SSSR count). The summed E-state index contributed by atoms with van der Waals surface area (Å²) in [5.41, 5.74) is 1.50. The van der Waals surface area contributed by atoms with Crippen LogP contribution in [0.25, 0.3) is 16.6 Å². The molecule has 0 saturated carbocycles. The molecular weight excluding hydrogens is 450 g/mol.